The third-order valence-electron chi connectivity index (χ3n) is 6.31. The van der Waals surface area contributed by atoms with Crippen molar-refractivity contribution in [1.29, 1.82) is 0 Å². The number of Topliss-reactive ketones (excluding diaryl/α,β-unsaturated/α-hetero) is 1. The number of anilines is 1. The average molecular weight is 548 g/mol. The van der Waals surface area contributed by atoms with E-state index in [2.05, 4.69) is 6.92 Å². The minimum absolute atomic E-state index is 0.0471. The summed E-state index contributed by atoms with van der Waals surface area (Å²) in [6.07, 6.45) is 4.13. The standard InChI is InChI=1S/C30H29NO9/c1-2-3-4-15-38-28(34)21-7-11-23(12-8-21)31-18-22(17-27(31)33)29(35)39-19-25(32)20-9-13-24(14-10-20)40-30(36)26-6-5-16-37-26/h5-14,16,22H,2-4,15,17-19H2,1H3/t22-/m1/s1. The fourth-order valence-corrected chi connectivity index (χ4v) is 4.09. The van der Waals surface area contributed by atoms with Crippen molar-refractivity contribution in [1.82, 2.24) is 0 Å². The van der Waals surface area contributed by atoms with Crippen molar-refractivity contribution in [3.8, 4) is 5.75 Å². The van der Waals surface area contributed by atoms with Crippen molar-refractivity contribution in [3.05, 3.63) is 83.8 Å². The maximum atomic E-state index is 12.6. The molecule has 0 radical (unpaired) electrons. The number of unbranched alkanes of at least 4 members (excludes halogenated alkanes) is 2. The molecule has 4 rings (SSSR count). The summed E-state index contributed by atoms with van der Waals surface area (Å²) in [7, 11) is 0. The zero-order chi connectivity index (χ0) is 28.5. The van der Waals surface area contributed by atoms with E-state index in [1.165, 1.54) is 41.5 Å². The summed E-state index contributed by atoms with van der Waals surface area (Å²) in [5.41, 5.74) is 1.19. The van der Waals surface area contributed by atoms with Crippen LogP contribution in [0, 0.1) is 5.92 Å². The van der Waals surface area contributed by atoms with Gasteiger partial charge in [-0.2, -0.15) is 0 Å². The van der Waals surface area contributed by atoms with Crippen LogP contribution in [-0.4, -0.2) is 49.4 Å². The number of rotatable bonds is 12. The van der Waals surface area contributed by atoms with E-state index >= 15 is 0 Å². The molecule has 10 heteroatoms. The van der Waals surface area contributed by atoms with Crippen LogP contribution in [0.1, 0.15) is 63.9 Å². The number of ketones is 1. The van der Waals surface area contributed by atoms with Crippen LogP contribution in [0.2, 0.25) is 0 Å². The molecule has 0 spiro atoms. The van der Waals surface area contributed by atoms with Gasteiger partial charge < -0.3 is 23.5 Å². The monoisotopic (exact) mass is 547 g/mol. The zero-order valence-electron chi connectivity index (χ0n) is 22.0. The number of carbonyl (C=O) groups is 5. The van der Waals surface area contributed by atoms with E-state index in [0.717, 1.165) is 19.3 Å². The van der Waals surface area contributed by atoms with Crippen molar-refractivity contribution < 1.29 is 42.6 Å². The fourth-order valence-electron chi connectivity index (χ4n) is 4.09. The topological polar surface area (TPSA) is 129 Å². The largest absolute Gasteiger partial charge is 0.462 e. The first-order valence-electron chi connectivity index (χ1n) is 13.0. The lowest BCUT2D eigenvalue weighted by molar-refractivity contribution is -0.147. The lowest BCUT2D eigenvalue weighted by Gasteiger charge is -2.17. The van der Waals surface area contributed by atoms with Gasteiger partial charge in [0.1, 0.15) is 5.75 Å². The van der Waals surface area contributed by atoms with E-state index in [-0.39, 0.29) is 35.9 Å². The van der Waals surface area contributed by atoms with Gasteiger partial charge in [-0.05, 0) is 67.1 Å². The van der Waals surface area contributed by atoms with Crippen LogP contribution < -0.4 is 9.64 Å². The molecular formula is C30H29NO9. The predicted octanol–water partition coefficient (Wildman–Crippen LogP) is 4.62. The highest BCUT2D eigenvalue weighted by atomic mass is 16.5. The van der Waals surface area contributed by atoms with Gasteiger partial charge in [0.05, 0.1) is 24.4 Å². The molecule has 1 saturated heterocycles. The molecule has 1 aliphatic heterocycles. The molecule has 0 N–H and O–H groups in total. The maximum Gasteiger partial charge on any atom is 0.379 e. The van der Waals surface area contributed by atoms with Gasteiger partial charge in [-0.1, -0.05) is 19.8 Å². The maximum absolute atomic E-state index is 12.6. The first-order valence-corrected chi connectivity index (χ1v) is 13.0. The number of nitrogens with zero attached hydrogens (tertiary/aromatic N) is 1. The van der Waals surface area contributed by atoms with Crippen LogP contribution in [0.25, 0.3) is 0 Å². The van der Waals surface area contributed by atoms with Crippen molar-refractivity contribution >= 4 is 35.3 Å². The van der Waals surface area contributed by atoms with E-state index in [1.807, 2.05) is 0 Å². The van der Waals surface area contributed by atoms with Gasteiger partial charge in [-0.3, -0.25) is 14.4 Å². The molecule has 0 bridgehead atoms. The smallest absolute Gasteiger partial charge is 0.379 e. The predicted molar refractivity (Wildman–Crippen MR) is 142 cm³/mol. The number of amides is 1. The third-order valence-corrected chi connectivity index (χ3v) is 6.31. The SMILES string of the molecule is CCCCCOC(=O)c1ccc(N2C[C@H](C(=O)OCC(=O)c3ccc(OC(=O)c4ccco4)cc3)CC2=O)cc1. The molecule has 1 aliphatic rings. The van der Waals surface area contributed by atoms with E-state index in [0.29, 0.717) is 17.9 Å². The number of ether oxygens (including phenoxy) is 3. The first kappa shape index (κ1) is 28.3. The molecule has 0 unspecified atom stereocenters. The van der Waals surface area contributed by atoms with Crippen molar-refractivity contribution in [2.45, 2.75) is 32.6 Å². The Labute approximate surface area is 230 Å². The summed E-state index contributed by atoms with van der Waals surface area (Å²) in [6, 6.07) is 15.2. The van der Waals surface area contributed by atoms with E-state index in [4.69, 9.17) is 18.6 Å². The molecule has 2 aromatic carbocycles. The summed E-state index contributed by atoms with van der Waals surface area (Å²) >= 11 is 0. The van der Waals surface area contributed by atoms with Gasteiger partial charge in [0.25, 0.3) is 0 Å². The molecule has 0 aliphatic carbocycles. The summed E-state index contributed by atoms with van der Waals surface area (Å²) in [4.78, 5) is 63.2. The molecule has 1 atom stereocenters. The average Bonchev–Trinajstić information content (AvgIpc) is 3.65. The number of benzene rings is 2. The van der Waals surface area contributed by atoms with Crippen molar-refractivity contribution in [3.63, 3.8) is 0 Å². The van der Waals surface area contributed by atoms with E-state index in [1.54, 1.807) is 30.3 Å². The second-order valence-electron chi connectivity index (χ2n) is 9.22. The molecule has 10 nitrogen and oxygen atoms in total. The number of esters is 3. The van der Waals surface area contributed by atoms with Crippen LogP contribution in [0.3, 0.4) is 0 Å². The van der Waals surface area contributed by atoms with Crippen LogP contribution >= 0.6 is 0 Å². The van der Waals surface area contributed by atoms with Crippen molar-refractivity contribution in [2.24, 2.45) is 5.92 Å². The lowest BCUT2D eigenvalue weighted by atomic mass is 10.1. The molecule has 3 aromatic rings. The van der Waals surface area contributed by atoms with Crippen molar-refractivity contribution in [2.75, 3.05) is 24.7 Å². The van der Waals surface area contributed by atoms with Gasteiger partial charge in [0.15, 0.2) is 12.4 Å². The van der Waals surface area contributed by atoms with E-state index in [9.17, 15) is 24.0 Å². The molecule has 1 aromatic heterocycles. The highest BCUT2D eigenvalue weighted by molar-refractivity contribution is 6.01. The number of furan rings is 1. The highest BCUT2D eigenvalue weighted by Gasteiger charge is 2.36. The molecule has 208 valence electrons. The van der Waals surface area contributed by atoms with Crippen LogP contribution in [0.4, 0.5) is 5.69 Å². The second kappa shape index (κ2) is 13.4. The minimum atomic E-state index is -0.730. The normalized spacial score (nSPS) is 14.6. The Morgan fingerprint density at radius 1 is 0.900 bits per heavy atom. The van der Waals surface area contributed by atoms with Crippen LogP contribution in [0.5, 0.6) is 5.75 Å². The van der Waals surface area contributed by atoms with Crippen LogP contribution in [-0.2, 0) is 19.1 Å². The molecule has 0 saturated carbocycles. The third kappa shape index (κ3) is 7.22. The van der Waals surface area contributed by atoms with E-state index < -0.39 is 36.2 Å². The fraction of sp³-hybridized carbons (Fsp3) is 0.300. The first-order chi connectivity index (χ1) is 19.4. The number of hydrogen-bond donors (Lipinski definition) is 0. The Morgan fingerprint density at radius 3 is 2.30 bits per heavy atom. The Morgan fingerprint density at radius 2 is 1.62 bits per heavy atom. The van der Waals surface area contributed by atoms with Crippen LogP contribution in [0.15, 0.2) is 71.3 Å². The molecule has 40 heavy (non-hydrogen) atoms. The second-order valence-corrected chi connectivity index (χ2v) is 9.22. The summed E-state index contributed by atoms with van der Waals surface area (Å²) in [5.74, 6) is -2.92. The minimum Gasteiger partial charge on any atom is -0.462 e. The Balaban J connectivity index is 1.24. The molecular weight excluding hydrogens is 518 g/mol. The number of hydrogen-bond acceptors (Lipinski definition) is 9. The summed E-state index contributed by atoms with van der Waals surface area (Å²) in [5, 5.41) is 0. The summed E-state index contributed by atoms with van der Waals surface area (Å²) < 4.78 is 20.6. The lowest BCUT2D eigenvalue weighted by Crippen LogP contribution is -2.27. The van der Waals surface area contributed by atoms with Gasteiger partial charge in [-0.15, -0.1) is 0 Å². The molecule has 1 fully saturated rings. The molecule has 1 amide bonds. The van der Waals surface area contributed by atoms with Gasteiger partial charge in [0.2, 0.25) is 11.7 Å². The Bertz CT molecular complexity index is 1340. The summed E-state index contributed by atoms with van der Waals surface area (Å²) in [6.45, 7) is 2.03. The Kier molecular flexibility index (Phi) is 9.45. The quantitative estimate of drug-likeness (QED) is 0.138. The highest BCUT2D eigenvalue weighted by Crippen LogP contribution is 2.26. The number of carbonyl (C=O) groups excluding carboxylic acids is 5. The van der Waals surface area contributed by atoms with Gasteiger partial charge in [0, 0.05) is 24.2 Å². The zero-order valence-corrected chi connectivity index (χ0v) is 22.0. The van der Waals surface area contributed by atoms with Gasteiger partial charge >= 0.3 is 17.9 Å². The Hall–Kier alpha value is -4.73. The molecule has 2 heterocycles. The van der Waals surface area contributed by atoms with Gasteiger partial charge in [-0.25, -0.2) is 9.59 Å².